The van der Waals surface area contributed by atoms with E-state index in [2.05, 4.69) is 14.8 Å². The minimum Gasteiger partial charge on any atom is -0.466 e. The smallest absolute Gasteiger partial charge is 0.416 e. The molecular formula is C14H13F4NO4. The summed E-state index contributed by atoms with van der Waals surface area (Å²) in [6.07, 6.45) is -4.10. The van der Waals surface area contributed by atoms with Crippen LogP contribution in [0.1, 0.15) is 11.1 Å². The third-order valence-electron chi connectivity index (χ3n) is 2.80. The van der Waals surface area contributed by atoms with Crippen LogP contribution in [-0.2, 0) is 25.2 Å². The molecule has 0 unspecified atom stereocenters. The first-order valence-electron chi connectivity index (χ1n) is 6.12. The van der Waals surface area contributed by atoms with Crippen LogP contribution in [0, 0.1) is 12.7 Å². The zero-order valence-electron chi connectivity index (χ0n) is 12.4. The van der Waals surface area contributed by atoms with Gasteiger partial charge in [0.05, 0.1) is 25.9 Å². The molecule has 9 heteroatoms. The lowest BCUT2D eigenvalue weighted by molar-refractivity contribution is -0.138. The number of carbonyl (C=O) groups excluding carboxylic acids is 2. The van der Waals surface area contributed by atoms with Crippen molar-refractivity contribution < 1.29 is 36.6 Å². The van der Waals surface area contributed by atoms with Crippen LogP contribution in [0.5, 0.6) is 0 Å². The highest BCUT2D eigenvalue weighted by atomic mass is 19.4. The Kier molecular flexibility index (Phi) is 5.72. The van der Waals surface area contributed by atoms with Crippen molar-refractivity contribution in [3.05, 3.63) is 40.8 Å². The van der Waals surface area contributed by atoms with E-state index in [4.69, 9.17) is 0 Å². The fourth-order valence-electron chi connectivity index (χ4n) is 1.63. The van der Waals surface area contributed by atoms with Gasteiger partial charge in [-0.2, -0.15) is 13.2 Å². The summed E-state index contributed by atoms with van der Waals surface area (Å²) in [7, 11) is 2.05. The molecule has 0 aliphatic rings. The average Bonchev–Trinajstić information content (AvgIpc) is 2.47. The Hall–Kier alpha value is -2.58. The molecule has 0 atom stereocenters. The number of hydrogen-bond donors (Lipinski definition) is 1. The first kappa shape index (κ1) is 18.5. The lowest BCUT2D eigenvalue weighted by Crippen LogP contribution is -2.17. The van der Waals surface area contributed by atoms with Gasteiger partial charge in [0.25, 0.3) is 0 Å². The van der Waals surface area contributed by atoms with Crippen molar-refractivity contribution in [3.8, 4) is 0 Å². The van der Waals surface area contributed by atoms with E-state index < -0.39 is 40.8 Å². The number of rotatable bonds is 4. The molecule has 1 rings (SSSR count). The van der Waals surface area contributed by atoms with Crippen molar-refractivity contribution in [2.75, 3.05) is 19.5 Å². The molecule has 0 bridgehead atoms. The van der Waals surface area contributed by atoms with Gasteiger partial charge in [-0.05, 0) is 24.6 Å². The average molecular weight is 335 g/mol. The van der Waals surface area contributed by atoms with Crippen LogP contribution in [0.2, 0.25) is 0 Å². The number of esters is 2. The second kappa shape index (κ2) is 7.12. The van der Waals surface area contributed by atoms with Crippen LogP contribution in [0.15, 0.2) is 23.9 Å². The van der Waals surface area contributed by atoms with Crippen molar-refractivity contribution in [2.24, 2.45) is 0 Å². The van der Waals surface area contributed by atoms with Crippen LogP contribution in [0.25, 0.3) is 0 Å². The Morgan fingerprint density at radius 2 is 1.78 bits per heavy atom. The maximum atomic E-state index is 13.7. The van der Waals surface area contributed by atoms with Crippen LogP contribution in [0.4, 0.5) is 23.2 Å². The van der Waals surface area contributed by atoms with E-state index in [-0.39, 0.29) is 5.69 Å². The van der Waals surface area contributed by atoms with Crippen LogP contribution in [-0.4, -0.2) is 26.2 Å². The number of hydrogen-bond acceptors (Lipinski definition) is 5. The van der Waals surface area contributed by atoms with E-state index in [9.17, 15) is 27.2 Å². The molecule has 0 radical (unpaired) electrons. The molecule has 1 aromatic rings. The normalized spacial score (nSPS) is 11.9. The zero-order valence-corrected chi connectivity index (χ0v) is 12.4. The SMILES string of the molecule is COC(=O)/C=C(/Nc1cc(F)c(C)c(C(F)(F)F)c1)C(=O)OC. The summed E-state index contributed by atoms with van der Waals surface area (Å²) in [5, 5.41) is 2.22. The summed E-state index contributed by atoms with van der Waals surface area (Å²) in [5.41, 5.74) is -2.67. The van der Waals surface area contributed by atoms with Crippen molar-refractivity contribution in [1.82, 2.24) is 0 Å². The second-order valence-corrected chi connectivity index (χ2v) is 4.33. The summed E-state index contributed by atoms with van der Waals surface area (Å²) < 4.78 is 61.0. The standard InChI is InChI=1S/C14H13F4NO4/c1-7-9(14(16,17)18)4-8(5-10(7)15)19-11(13(21)23-3)6-12(20)22-2/h4-6,19H,1-3H3/b11-6+. The number of alkyl halides is 3. The molecular weight excluding hydrogens is 322 g/mol. The Balaban J connectivity index is 3.30. The Bertz CT molecular complexity index is 653. The molecule has 0 aliphatic carbocycles. The van der Waals surface area contributed by atoms with E-state index in [1.54, 1.807) is 0 Å². The fraction of sp³-hybridized carbons (Fsp3) is 0.286. The number of benzene rings is 1. The van der Waals surface area contributed by atoms with Crippen LogP contribution >= 0.6 is 0 Å². The van der Waals surface area contributed by atoms with Crippen molar-refractivity contribution in [1.29, 1.82) is 0 Å². The van der Waals surface area contributed by atoms with Crippen molar-refractivity contribution in [3.63, 3.8) is 0 Å². The molecule has 0 spiro atoms. The number of methoxy groups -OCH3 is 2. The molecule has 0 saturated heterocycles. The predicted octanol–water partition coefficient (Wildman–Crippen LogP) is 2.79. The highest BCUT2D eigenvalue weighted by molar-refractivity contribution is 5.98. The lowest BCUT2D eigenvalue weighted by Gasteiger charge is -2.15. The predicted molar refractivity (Wildman–Crippen MR) is 71.9 cm³/mol. The summed E-state index contributed by atoms with van der Waals surface area (Å²) in [6, 6.07) is 1.38. The number of anilines is 1. The Morgan fingerprint density at radius 1 is 1.17 bits per heavy atom. The van der Waals surface area contributed by atoms with Crippen molar-refractivity contribution in [2.45, 2.75) is 13.1 Å². The molecule has 1 aromatic carbocycles. The molecule has 5 nitrogen and oxygen atoms in total. The quantitative estimate of drug-likeness (QED) is 0.521. The molecule has 0 aromatic heterocycles. The van der Waals surface area contributed by atoms with Gasteiger partial charge in [-0.15, -0.1) is 0 Å². The monoisotopic (exact) mass is 335 g/mol. The number of ether oxygens (including phenoxy) is 2. The molecule has 0 fully saturated rings. The molecule has 23 heavy (non-hydrogen) atoms. The van der Waals surface area contributed by atoms with Crippen LogP contribution in [0.3, 0.4) is 0 Å². The summed E-state index contributed by atoms with van der Waals surface area (Å²) >= 11 is 0. The third kappa shape index (κ3) is 4.70. The van der Waals surface area contributed by atoms with Crippen LogP contribution < -0.4 is 5.32 Å². The van der Waals surface area contributed by atoms with Gasteiger partial charge in [-0.3, -0.25) is 0 Å². The molecule has 126 valence electrons. The van der Waals surface area contributed by atoms with E-state index in [1.807, 2.05) is 0 Å². The second-order valence-electron chi connectivity index (χ2n) is 4.33. The topological polar surface area (TPSA) is 64.6 Å². The molecule has 0 amide bonds. The minimum absolute atomic E-state index is 0.374. The van der Waals surface area contributed by atoms with E-state index >= 15 is 0 Å². The molecule has 0 heterocycles. The van der Waals surface area contributed by atoms with E-state index in [0.717, 1.165) is 27.2 Å². The highest BCUT2D eigenvalue weighted by Gasteiger charge is 2.34. The minimum atomic E-state index is -4.78. The highest BCUT2D eigenvalue weighted by Crippen LogP contribution is 2.35. The van der Waals surface area contributed by atoms with Gasteiger partial charge >= 0.3 is 18.1 Å². The van der Waals surface area contributed by atoms with E-state index in [1.165, 1.54) is 0 Å². The maximum Gasteiger partial charge on any atom is 0.416 e. The number of nitrogens with one attached hydrogen (secondary N) is 1. The van der Waals surface area contributed by atoms with Gasteiger partial charge < -0.3 is 14.8 Å². The zero-order chi connectivity index (χ0) is 17.8. The summed E-state index contributed by atoms with van der Waals surface area (Å²) in [6.45, 7) is 0.980. The van der Waals surface area contributed by atoms with Gasteiger partial charge in [0.2, 0.25) is 0 Å². The Labute approximate surface area is 128 Å². The first-order chi connectivity index (χ1) is 10.6. The number of halogens is 4. The molecule has 0 aliphatic heterocycles. The summed E-state index contributed by atoms with van der Waals surface area (Å²) in [5.74, 6) is -3.10. The third-order valence-corrected chi connectivity index (χ3v) is 2.80. The van der Waals surface area contributed by atoms with Gasteiger partial charge in [0, 0.05) is 5.69 Å². The summed E-state index contributed by atoms with van der Waals surface area (Å²) in [4.78, 5) is 22.7. The fourth-order valence-corrected chi connectivity index (χ4v) is 1.63. The van der Waals surface area contributed by atoms with E-state index in [0.29, 0.717) is 12.1 Å². The van der Waals surface area contributed by atoms with Gasteiger partial charge in [0.15, 0.2) is 0 Å². The van der Waals surface area contributed by atoms with Gasteiger partial charge in [-0.1, -0.05) is 0 Å². The molecule has 0 saturated carbocycles. The van der Waals surface area contributed by atoms with Gasteiger partial charge in [0.1, 0.15) is 11.5 Å². The molecule has 1 N–H and O–H groups in total. The lowest BCUT2D eigenvalue weighted by atomic mass is 10.1. The maximum absolute atomic E-state index is 13.7. The van der Waals surface area contributed by atoms with Crippen molar-refractivity contribution >= 4 is 17.6 Å². The Morgan fingerprint density at radius 3 is 2.26 bits per heavy atom. The first-order valence-corrected chi connectivity index (χ1v) is 6.12. The van der Waals surface area contributed by atoms with Gasteiger partial charge in [-0.25, -0.2) is 14.0 Å². The number of carbonyl (C=O) groups is 2. The largest absolute Gasteiger partial charge is 0.466 e.